The lowest BCUT2D eigenvalue weighted by Crippen LogP contribution is -2.15. The number of pyridine rings is 1. The summed E-state index contributed by atoms with van der Waals surface area (Å²) in [6.45, 7) is 4.71. The molecule has 0 unspecified atom stereocenters. The van der Waals surface area contributed by atoms with E-state index in [0.717, 1.165) is 82.2 Å². The Hall–Kier alpha value is -7.17. The maximum absolute atomic E-state index is 13.9. The first kappa shape index (κ1) is 30.2. The lowest BCUT2D eigenvalue weighted by atomic mass is 9.81. The van der Waals surface area contributed by atoms with Crippen molar-refractivity contribution in [2.75, 3.05) is 0 Å². The van der Waals surface area contributed by atoms with Crippen LogP contribution in [0.5, 0.6) is 0 Å². The highest BCUT2D eigenvalue weighted by Crippen LogP contribution is 2.51. The van der Waals surface area contributed by atoms with E-state index in [9.17, 15) is 4.79 Å². The summed E-state index contributed by atoms with van der Waals surface area (Å²) in [5, 5.41) is 9.72. The number of nitrogens with zero attached hydrogens (tertiary/aromatic N) is 2. The van der Waals surface area contributed by atoms with Crippen LogP contribution in [0.25, 0.3) is 110 Å². The summed E-state index contributed by atoms with van der Waals surface area (Å²) < 4.78 is 11.0. The van der Waals surface area contributed by atoms with E-state index in [0.29, 0.717) is 0 Å². The molecule has 8 aromatic carbocycles. The molecule has 4 heterocycles. The maximum Gasteiger partial charge on any atom is 0.263 e. The van der Waals surface area contributed by atoms with Crippen LogP contribution in [0, 0.1) is 0 Å². The Bertz CT molecular complexity index is 3760. The van der Waals surface area contributed by atoms with Crippen molar-refractivity contribution in [3.63, 3.8) is 0 Å². The van der Waals surface area contributed by atoms with Gasteiger partial charge in [-0.3, -0.25) is 9.20 Å². The van der Waals surface area contributed by atoms with Crippen LogP contribution in [-0.2, 0) is 5.41 Å². The van der Waals surface area contributed by atoms with E-state index in [4.69, 9.17) is 4.42 Å². The fourth-order valence-electron chi connectivity index (χ4n) is 10.2. The molecule has 0 fully saturated rings. The molecule has 0 bridgehead atoms. The molecule has 0 saturated heterocycles. The smallest absolute Gasteiger partial charge is 0.263 e. The van der Waals surface area contributed by atoms with E-state index < -0.39 is 0 Å². The molecule has 4 aromatic heterocycles. The van der Waals surface area contributed by atoms with Crippen molar-refractivity contribution in [3.05, 3.63) is 179 Å². The first-order valence-corrected chi connectivity index (χ1v) is 19.3. The molecule has 0 aliphatic heterocycles. The van der Waals surface area contributed by atoms with Crippen LogP contribution in [0.4, 0.5) is 0 Å². The third-order valence-corrected chi connectivity index (χ3v) is 12.9. The van der Waals surface area contributed by atoms with Crippen LogP contribution in [0.1, 0.15) is 25.0 Å². The summed E-state index contributed by atoms with van der Waals surface area (Å²) >= 11 is 0. The van der Waals surface area contributed by atoms with Gasteiger partial charge in [0.15, 0.2) is 5.58 Å². The Kier molecular flexibility index (Phi) is 5.56. The van der Waals surface area contributed by atoms with Gasteiger partial charge in [-0.1, -0.05) is 117 Å². The van der Waals surface area contributed by atoms with Gasteiger partial charge >= 0.3 is 0 Å². The first-order chi connectivity index (χ1) is 27.5. The van der Waals surface area contributed by atoms with Crippen molar-refractivity contribution >= 4 is 81.7 Å². The number of furan rings is 1. The highest BCUT2D eigenvalue weighted by Gasteiger charge is 2.36. The molecule has 0 atom stereocenters. The molecule has 262 valence electrons. The summed E-state index contributed by atoms with van der Waals surface area (Å²) in [4.78, 5) is 13.9. The predicted molar refractivity (Wildman–Crippen MR) is 232 cm³/mol. The topological polar surface area (TPSA) is 39.5 Å². The molecule has 4 nitrogen and oxygen atoms in total. The second-order valence-electron chi connectivity index (χ2n) is 16.0. The number of hydrogen-bond donors (Lipinski definition) is 0. The van der Waals surface area contributed by atoms with Gasteiger partial charge in [0.1, 0.15) is 5.58 Å². The molecular weight excluding hydrogens is 685 g/mol. The third kappa shape index (κ3) is 3.66. The summed E-state index contributed by atoms with van der Waals surface area (Å²) in [5.74, 6) is 0. The fourth-order valence-corrected chi connectivity index (χ4v) is 10.2. The quantitative estimate of drug-likeness (QED) is 0.167. The van der Waals surface area contributed by atoms with Gasteiger partial charge in [0.2, 0.25) is 0 Å². The minimum atomic E-state index is -0.240. The fraction of sp³-hybridized carbons (Fsp3) is 0.0577. The largest absolute Gasteiger partial charge is 0.454 e. The van der Waals surface area contributed by atoms with Crippen LogP contribution < -0.4 is 5.56 Å². The van der Waals surface area contributed by atoms with Gasteiger partial charge in [0.05, 0.1) is 22.1 Å². The third-order valence-electron chi connectivity index (χ3n) is 12.9. The zero-order valence-corrected chi connectivity index (χ0v) is 30.7. The molecule has 0 radical (unpaired) electrons. The summed E-state index contributed by atoms with van der Waals surface area (Å²) in [5.41, 5.74) is 14.4. The molecule has 1 aliphatic rings. The van der Waals surface area contributed by atoms with E-state index in [1.54, 1.807) is 0 Å². The van der Waals surface area contributed by atoms with Gasteiger partial charge in [0, 0.05) is 54.2 Å². The van der Waals surface area contributed by atoms with E-state index in [-0.39, 0.29) is 11.0 Å². The van der Waals surface area contributed by atoms with Crippen molar-refractivity contribution in [3.8, 4) is 27.9 Å². The van der Waals surface area contributed by atoms with Crippen molar-refractivity contribution in [1.29, 1.82) is 0 Å². The van der Waals surface area contributed by atoms with Gasteiger partial charge in [-0.25, -0.2) is 0 Å². The molecule has 0 amide bonds. The molecule has 13 rings (SSSR count). The molecule has 56 heavy (non-hydrogen) atoms. The average Bonchev–Trinajstić information content (AvgIpc) is 3.95. The SMILES string of the molecule is CC1(C)c2cc(-c3ccc4c(c3)c3cccc5c6ccccc6c(=O)n4c53)ccc2-c2ccc(-n3c4ccccc4c4ccc5c6ccccc6oc5c43)cc21. The highest BCUT2D eigenvalue weighted by molar-refractivity contribution is 6.22. The minimum absolute atomic E-state index is 0.0337. The van der Waals surface area contributed by atoms with Crippen LogP contribution in [0.3, 0.4) is 0 Å². The molecule has 4 heteroatoms. The Morgan fingerprint density at radius 2 is 1.09 bits per heavy atom. The van der Waals surface area contributed by atoms with E-state index in [1.807, 2.05) is 28.7 Å². The molecule has 0 spiro atoms. The van der Waals surface area contributed by atoms with Gasteiger partial charge in [-0.2, -0.15) is 0 Å². The Morgan fingerprint density at radius 1 is 0.464 bits per heavy atom. The van der Waals surface area contributed by atoms with Crippen molar-refractivity contribution in [2.45, 2.75) is 19.3 Å². The van der Waals surface area contributed by atoms with E-state index in [2.05, 4.69) is 152 Å². The van der Waals surface area contributed by atoms with Gasteiger partial charge in [-0.05, 0) is 93.4 Å². The number of para-hydroxylation sites is 3. The normalized spacial score (nSPS) is 13.8. The Balaban J connectivity index is 0.977. The summed E-state index contributed by atoms with van der Waals surface area (Å²) in [7, 11) is 0. The van der Waals surface area contributed by atoms with Crippen molar-refractivity contribution < 1.29 is 4.42 Å². The Labute approximate surface area is 320 Å². The van der Waals surface area contributed by atoms with Crippen LogP contribution in [-0.4, -0.2) is 8.97 Å². The number of benzene rings is 8. The average molecular weight is 717 g/mol. The highest BCUT2D eigenvalue weighted by atomic mass is 16.3. The van der Waals surface area contributed by atoms with Crippen molar-refractivity contribution in [2.24, 2.45) is 0 Å². The molecule has 0 N–H and O–H groups in total. The van der Waals surface area contributed by atoms with E-state index >= 15 is 0 Å². The van der Waals surface area contributed by atoms with Gasteiger partial charge in [0.25, 0.3) is 5.56 Å². The molecule has 1 aliphatic carbocycles. The molecular formula is C52H32N2O2. The van der Waals surface area contributed by atoms with Crippen LogP contribution >= 0.6 is 0 Å². The second-order valence-corrected chi connectivity index (χ2v) is 16.0. The second kappa shape index (κ2) is 10.3. The molecule has 12 aromatic rings. The maximum atomic E-state index is 13.9. The van der Waals surface area contributed by atoms with Crippen LogP contribution in [0.15, 0.2) is 167 Å². The lowest BCUT2D eigenvalue weighted by molar-refractivity contribution is 0.660. The minimum Gasteiger partial charge on any atom is -0.454 e. The first-order valence-electron chi connectivity index (χ1n) is 19.3. The number of hydrogen-bond acceptors (Lipinski definition) is 2. The van der Waals surface area contributed by atoms with Gasteiger partial charge < -0.3 is 8.98 Å². The lowest BCUT2D eigenvalue weighted by Gasteiger charge is -2.23. The summed E-state index contributed by atoms with van der Waals surface area (Å²) in [6, 6.07) is 56.3. The zero-order chi connectivity index (χ0) is 37.0. The summed E-state index contributed by atoms with van der Waals surface area (Å²) in [6.07, 6.45) is 0. The van der Waals surface area contributed by atoms with E-state index in [1.165, 1.54) is 38.6 Å². The zero-order valence-electron chi connectivity index (χ0n) is 30.7. The van der Waals surface area contributed by atoms with Gasteiger partial charge in [-0.15, -0.1) is 0 Å². The number of fused-ring (bicyclic) bond motifs is 15. The van der Waals surface area contributed by atoms with Crippen LogP contribution in [0.2, 0.25) is 0 Å². The predicted octanol–water partition coefficient (Wildman–Crippen LogP) is 13.2. The number of rotatable bonds is 2. The monoisotopic (exact) mass is 716 g/mol. The number of aromatic nitrogens is 2. The van der Waals surface area contributed by atoms with Crippen molar-refractivity contribution in [1.82, 2.24) is 8.97 Å². The Morgan fingerprint density at radius 3 is 1.95 bits per heavy atom. The molecule has 0 saturated carbocycles. The standard InChI is InChI=1S/C52H32N2O2/c1-52(2)43-27-30(29-19-25-46-42(26-29)38-15-9-14-37-32-10-3-4-13-41(32)51(55)54(46)48(37)38)18-21-33(43)34-22-20-31(28-44(34)52)53-45-16-7-5-11-35(45)39-23-24-40-36-12-6-8-17-47(36)56-50(40)49(39)53/h3-28H,1-2H3.